The van der Waals surface area contributed by atoms with Gasteiger partial charge in [0.25, 0.3) is 5.91 Å². The molecule has 2 aromatic rings. The Morgan fingerprint density at radius 3 is 2.73 bits per heavy atom. The van der Waals surface area contributed by atoms with E-state index in [2.05, 4.69) is 15.3 Å². The van der Waals surface area contributed by atoms with E-state index in [4.69, 9.17) is 4.74 Å². The zero-order valence-corrected chi connectivity index (χ0v) is 17.7. The Hall–Kier alpha value is -2.81. The third-order valence-corrected chi connectivity index (χ3v) is 5.37. The quantitative estimate of drug-likeness (QED) is 0.714. The van der Waals surface area contributed by atoms with Crippen LogP contribution in [0, 0.1) is 5.82 Å². The maximum atomic E-state index is 13.6. The number of carbonyl (C=O) groups is 1. The molecule has 1 unspecified atom stereocenters. The van der Waals surface area contributed by atoms with Gasteiger partial charge < -0.3 is 10.1 Å². The number of hydrogen-bond donors (Lipinski definition) is 1. The van der Waals surface area contributed by atoms with Gasteiger partial charge in [-0.2, -0.15) is 4.98 Å². The van der Waals surface area contributed by atoms with Crippen molar-refractivity contribution in [3.8, 4) is 11.6 Å². The second-order valence-electron chi connectivity index (χ2n) is 7.41. The smallest absolute Gasteiger partial charge is 0.258 e. The van der Waals surface area contributed by atoms with Gasteiger partial charge >= 0.3 is 0 Å². The lowest BCUT2D eigenvalue weighted by atomic mass is 10.1. The summed E-state index contributed by atoms with van der Waals surface area (Å²) in [7, 11) is -3.30. The highest BCUT2D eigenvalue weighted by atomic mass is 32.2. The van der Waals surface area contributed by atoms with Gasteiger partial charge in [-0.3, -0.25) is 4.79 Å². The van der Waals surface area contributed by atoms with Crippen molar-refractivity contribution in [3.63, 3.8) is 0 Å². The first kappa shape index (κ1) is 21.9. The summed E-state index contributed by atoms with van der Waals surface area (Å²) in [5.74, 6) is 0.0571. The van der Waals surface area contributed by atoms with E-state index in [1.54, 1.807) is 13.0 Å². The van der Waals surface area contributed by atoms with Gasteiger partial charge in [-0.1, -0.05) is 25.0 Å². The number of benzene rings is 1. The average Bonchev–Trinajstić information content (AvgIpc) is 3.20. The van der Waals surface area contributed by atoms with E-state index < -0.39 is 27.6 Å². The average molecular weight is 434 g/mol. The molecule has 1 aliphatic carbocycles. The molecule has 0 aliphatic heterocycles. The molecule has 0 saturated heterocycles. The predicted octanol–water partition coefficient (Wildman–Crippen LogP) is 3.74. The van der Waals surface area contributed by atoms with Crippen LogP contribution in [-0.4, -0.2) is 36.6 Å². The first-order valence-electron chi connectivity index (χ1n) is 9.71. The van der Waals surface area contributed by atoms with Gasteiger partial charge in [0, 0.05) is 35.9 Å². The van der Waals surface area contributed by atoms with Crippen LogP contribution in [0.1, 0.15) is 54.7 Å². The van der Waals surface area contributed by atoms with Gasteiger partial charge in [0.1, 0.15) is 23.0 Å². The number of sulfone groups is 1. The molecule has 0 bridgehead atoms. The minimum atomic E-state index is -3.30. The number of carbonyl (C=O) groups excluding carboxylic acids is 1. The number of aromatic nitrogens is 2. The van der Waals surface area contributed by atoms with Gasteiger partial charge in [0.05, 0.1) is 0 Å². The number of rotatable bonds is 7. The zero-order valence-electron chi connectivity index (χ0n) is 16.8. The molecular weight excluding hydrogens is 409 g/mol. The number of nitrogens with zero attached hydrogens (tertiary/aromatic N) is 2. The SMILES string of the molecule is CC(/C=C/S(C)(=O)=O)NC(=O)c1cnc(C2CCCC2)nc1Oc1cccc(F)c1. The lowest BCUT2D eigenvalue weighted by molar-refractivity contribution is 0.0943. The van der Waals surface area contributed by atoms with Gasteiger partial charge in [0.2, 0.25) is 5.88 Å². The molecule has 7 nitrogen and oxygen atoms in total. The lowest BCUT2D eigenvalue weighted by Crippen LogP contribution is -2.31. The maximum Gasteiger partial charge on any atom is 0.258 e. The summed E-state index contributed by atoms with van der Waals surface area (Å²) in [4.78, 5) is 21.6. The molecule has 1 fully saturated rings. The fourth-order valence-electron chi connectivity index (χ4n) is 3.23. The van der Waals surface area contributed by atoms with Gasteiger partial charge in [0.15, 0.2) is 9.84 Å². The Balaban J connectivity index is 1.87. The summed E-state index contributed by atoms with van der Waals surface area (Å²) in [5.41, 5.74) is 0.0839. The normalized spacial score (nSPS) is 16.0. The van der Waals surface area contributed by atoms with Gasteiger partial charge in [-0.15, -0.1) is 0 Å². The molecule has 9 heteroatoms. The van der Waals surface area contributed by atoms with Crippen LogP contribution in [0.25, 0.3) is 0 Å². The highest BCUT2D eigenvalue weighted by Gasteiger charge is 2.24. The Labute approximate surface area is 175 Å². The summed E-state index contributed by atoms with van der Waals surface area (Å²) < 4.78 is 41.8. The molecule has 1 aliphatic rings. The van der Waals surface area contributed by atoms with Crippen LogP contribution in [0.15, 0.2) is 41.9 Å². The van der Waals surface area contributed by atoms with E-state index >= 15 is 0 Å². The van der Waals surface area contributed by atoms with Crippen molar-refractivity contribution in [3.05, 3.63) is 59.2 Å². The first-order valence-corrected chi connectivity index (χ1v) is 11.7. The third kappa shape index (κ3) is 6.09. The highest BCUT2D eigenvalue weighted by Crippen LogP contribution is 2.34. The Morgan fingerprint density at radius 1 is 1.33 bits per heavy atom. The molecule has 1 heterocycles. The fourth-order valence-corrected chi connectivity index (χ4v) is 3.75. The molecule has 1 aromatic heterocycles. The van der Waals surface area contributed by atoms with Crippen molar-refractivity contribution in [1.82, 2.24) is 15.3 Å². The van der Waals surface area contributed by atoms with Crippen LogP contribution in [-0.2, 0) is 9.84 Å². The first-order chi connectivity index (χ1) is 14.2. The van der Waals surface area contributed by atoms with E-state index in [1.165, 1.54) is 30.5 Å². The summed E-state index contributed by atoms with van der Waals surface area (Å²) >= 11 is 0. The fraction of sp³-hybridized carbons (Fsp3) is 0.381. The maximum absolute atomic E-state index is 13.6. The molecule has 1 saturated carbocycles. The summed E-state index contributed by atoms with van der Waals surface area (Å²) in [5, 5.41) is 3.70. The van der Waals surface area contributed by atoms with Crippen molar-refractivity contribution >= 4 is 15.7 Å². The third-order valence-electron chi connectivity index (χ3n) is 4.72. The highest BCUT2D eigenvalue weighted by molar-refractivity contribution is 7.93. The lowest BCUT2D eigenvalue weighted by Gasteiger charge is -2.15. The minimum absolute atomic E-state index is 0.0364. The second kappa shape index (κ2) is 9.34. The Morgan fingerprint density at radius 2 is 2.07 bits per heavy atom. The van der Waals surface area contributed by atoms with Crippen molar-refractivity contribution < 1.29 is 22.3 Å². The van der Waals surface area contributed by atoms with E-state index in [-0.39, 0.29) is 23.1 Å². The second-order valence-corrected chi connectivity index (χ2v) is 9.34. The standard InChI is InChI=1S/C21H24FN3O4S/c1-14(10-11-30(2,27)28)24-20(26)18-13-23-19(15-6-3-4-7-15)25-21(18)29-17-9-5-8-16(22)12-17/h5,8-15H,3-4,6-7H2,1-2H3,(H,24,26)/b11-10+. The number of amides is 1. The molecule has 1 aromatic carbocycles. The summed E-state index contributed by atoms with van der Waals surface area (Å²) in [6.07, 6.45) is 7.97. The Kier molecular flexibility index (Phi) is 6.81. The van der Waals surface area contributed by atoms with Crippen LogP contribution in [0.3, 0.4) is 0 Å². The Bertz CT molecular complexity index is 1050. The van der Waals surface area contributed by atoms with E-state index in [9.17, 15) is 17.6 Å². The number of hydrogen-bond acceptors (Lipinski definition) is 6. The van der Waals surface area contributed by atoms with Crippen molar-refractivity contribution in [2.75, 3.05) is 6.26 Å². The molecular formula is C21H24FN3O4S. The van der Waals surface area contributed by atoms with Crippen LogP contribution in [0.2, 0.25) is 0 Å². The molecule has 160 valence electrons. The van der Waals surface area contributed by atoms with Crippen molar-refractivity contribution in [1.29, 1.82) is 0 Å². The predicted molar refractivity (Wildman–Crippen MR) is 111 cm³/mol. The molecule has 3 rings (SSSR count). The minimum Gasteiger partial charge on any atom is -0.438 e. The van der Waals surface area contributed by atoms with Crippen molar-refractivity contribution in [2.45, 2.75) is 44.6 Å². The van der Waals surface area contributed by atoms with Crippen LogP contribution in [0.4, 0.5) is 4.39 Å². The zero-order chi connectivity index (χ0) is 21.7. The molecule has 30 heavy (non-hydrogen) atoms. The molecule has 1 amide bonds. The number of nitrogens with one attached hydrogen (secondary N) is 1. The topological polar surface area (TPSA) is 98.2 Å². The van der Waals surface area contributed by atoms with Crippen molar-refractivity contribution in [2.24, 2.45) is 0 Å². The largest absolute Gasteiger partial charge is 0.438 e. The molecule has 1 N–H and O–H groups in total. The number of ether oxygens (including phenoxy) is 1. The number of halogens is 1. The molecule has 0 radical (unpaired) electrons. The van der Waals surface area contributed by atoms with E-state index in [0.29, 0.717) is 5.82 Å². The van der Waals surface area contributed by atoms with Gasteiger partial charge in [-0.05, 0) is 31.9 Å². The monoisotopic (exact) mass is 433 g/mol. The van der Waals surface area contributed by atoms with Crippen LogP contribution in [0.5, 0.6) is 11.6 Å². The summed E-state index contributed by atoms with van der Waals surface area (Å²) in [6, 6.07) is 5.02. The molecule has 1 atom stereocenters. The van der Waals surface area contributed by atoms with E-state index in [1.807, 2.05) is 0 Å². The van der Waals surface area contributed by atoms with Crippen LogP contribution < -0.4 is 10.1 Å². The van der Waals surface area contributed by atoms with Gasteiger partial charge in [-0.25, -0.2) is 17.8 Å². The van der Waals surface area contributed by atoms with E-state index in [0.717, 1.165) is 37.3 Å². The molecule has 0 spiro atoms. The summed E-state index contributed by atoms with van der Waals surface area (Å²) in [6.45, 7) is 1.64. The van der Waals surface area contributed by atoms with Crippen LogP contribution >= 0.6 is 0 Å².